The lowest BCUT2D eigenvalue weighted by Gasteiger charge is -2.07. The largest absolute Gasteiger partial charge is 0.264 e. The van der Waals surface area contributed by atoms with Crippen molar-refractivity contribution in [2.24, 2.45) is 0 Å². The van der Waals surface area contributed by atoms with Gasteiger partial charge in [0.1, 0.15) is 11.6 Å². The summed E-state index contributed by atoms with van der Waals surface area (Å²) in [7, 11) is 0. The Morgan fingerprint density at radius 1 is 0.250 bits per heavy atom. The molecule has 0 spiro atoms. The maximum Gasteiger partial charge on any atom is 0.160 e. The van der Waals surface area contributed by atoms with Crippen LogP contribution in [0.5, 0.6) is 0 Å². The van der Waals surface area contributed by atoms with Crippen molar-refractivity contribution in [2.45, 2.75) is 48.5 Å². The zero-order valence-corrected chi connectivity index (χ0v) is 59.3. The molecule has 11 heteroatoms. The zero-order valence-electron chi connectivity index (χ0n) is 59.3. The summed E-state index contributed by atoms with van der Waals surface area (Å²) in [6, 6.07) is 103. The molecule has 0 atom stereocenters. The SMILES string of the molecule is Cc1cc(-c2ccccc2)nc(-c2ccccc2)n1.Cc1cc(-c2ccccn2)cc(-c2ccccn2)c1.Cc1ccc(-c2ccc(F)cn2)cc1.Cc1ccnc2ccccc12.Cc1cnc2ccccc2c1.Cc1cncc2ccccc12.Cc1nc(-c2ccccc2)cc(-c2ccccc2)n1. The molecule has 0 aliphatic rings. The second-order valence-corrected chi connectivity index (χ2v) is 24.6. The van der Waals surface area contributed by atoms with Crippen LogP contribution in [0, 0.1) is 54.3 Å². The van der Waals surface area contributed by atoms with E-state index in [2.05, 4.69) is 169 Å². The Kier molecular flexibility index (Phi) is 25.4. The molecule has 8 aromatic heterocycles. The van der Waals surface area contributed by atoms with E-state index in [-0.39, 0.29) is 5.82 Å². The van der Waals surface area contributed by atoms with E-state index in [1.165, 1.54) is 61.6 Å². The van der Waals surface area contributed by atoms with Crippen LogP contribution in [-0.4, -0.2) is 49.8 Å². The molecule has 0 fully saturated rings. The average molecular weight is 1360 g/mol. The van der Waals surface area contributed by atoms with Crippen molar-refractivity contribution in [2.75, 3.05) is 0 Å². The van der Waals surface area contributed by atoms with E-state index < -0.39 is 0 Å². The normalized spacial score (nSPS) is 10.3. The quantitative estimate of drug-likeness (QED) is 0.152. The van der Waals surface area contributed by atoms with Crippen molar-refractivity contribution in [3.8, 4) is 78.9 Å². The third-order valence-corrected chi connectivity index (χ3v) is 16.5. The Balaban J connectivity index is 0.000000123. The van der Waals surface area contributed by atoms with E-state index in [4.69, 9.17) is 0 Å². The summed E-state index contributed by atoms with van der Waals surface area (Å²) in [6.07, 6.45) is 12.4. The highest BCUT2D eigenvalue weighted by Crippen LogP contribution is 2.28. The maximum atomic E-state index is 12.6. The molecule has 9 aromatic carbocycles. The number of para-hydroxylation sites is 2. The first-order chi connectivity index (χ1) is 50.8. The number of hydrogen-bond acceptors (Lipinski definition) is 10. The van der Waals surface area contributed by atoms with Crippen molar-refractivity contribution < 1.29 is 4.39 Å². The van der Waals surface area contributed by atoms with Gasteiger partial charge in [-0.3, -0.25) is 29.9 Å². The van der Waals surface area contributed by atoms with Crippen molar-refractivity contribution in [3.05, 3.63) is 398 Å². The molecule has 0 aliphatic heterocycles. The number of halogens is 1. The van der Waals surface area contributed by atoms with E-state index in [0.717, 1.165) is 101 Å². The van der Waals surface area contributed by atoms with Crippen LogP contribution in [0.25, 0.3) is 112 Å². The van der Waals surface area contributed by atoms with Gasteiger partial charge in [0, 0.05) is 98.0 Å². The molecule has 17 rings (SSSR count). The maximum absolute atomic E-state index is 12.6. The summed E-state index contributed by atoms with van der Waals surface area (Å²) < 4.78 is 12.6. The molecule has 508 valence electrons. The molecule has 104 heavy (non-hydrogen) atoms. The summed E-state index contributed by atoms with van der Waals surface area (Å²) in [5, 5.41) is 4.97. The van der Waals surface area contributed by atoms with Gasteiger partial charge in [-0.05, 0) is 167 Å². The minimum Gasteiger partial charge on any atom is -0.264 e. The lowest BCUT2D eigenvalue weighted by atomic mass is 10.0. The smallest absolute Gasteiger partial charge is 0.160 e. The summed E-state index contributed by atoms with van der Waals surface area (Å²) in [4.78, 5) is 43.7. The third kappa shape index (κ3) is 20.9. The third-order valence-electron chi connectivity index (χ3n) is 16.5. The number of benzene rings is 9. The van der Waals surface area contributed by atoms with E-state index >= 15 is 0 Å². The minimum atomic E-state index is -0.305. The number of nitrogens with zero attached hydrogens (tertiary/aromatic N) is 10. The van der Waals surface area contributed by atoms with E-state index in [0.29, 0.717) is 0 Å². The number of aryl methyl sites for hydroxylation is 7. The van der Waals surface area contributed by atoms with Gasteiger partial charge in [0.25, 0.3) is 0 Å². The summed E-state index contributed by atoms with van der Waals surface area (Å²) >= 11 is 0. The molecule has 0 bridgehead atoms. The average Bonchev–Trinajstić information content (AvgIpc) is 0.695. The monoisotopic (exact) mass is 1350 g/mol. The predicted octanol–water partition coefficient (Wildman–Crippen LogP) is 23.2. The van der Waals surface area contributed by atoms with Crippen molar-refractivity contribution >= 4 is 32.6 Å². The number of aromatic nitrogens is 10. The van der Waals surface area contributed by atoms with Crippen LogP contribution < -0.4 is 0 Å². The Morgan fingerprint density at radius 2 is 0.750 bits per heavy atom. The van der Waals surface area contributed by atoms with E-state index in [9.17, 15) is 4.39 Å². The van der Waals surface area contributed by atoms with Crippen LogP contribution >= 0.6 is 0 Å². The number of fused-ring (bicyclic) bond motifs is 3. The highest BCUT2D eigenvalue weighted by Gasteiger charge is 2.10. The zero-order chi connectivity index (χ0) is 72.2. The Morgan fingerprint density at radius 3 is 1.30 bits per heavy atom. The van der Waals surface area contributed by atoms with Gasteiger partial charge in [0.2, 0.25) is 0 Å². The van der Waals surface area contributed by atoms with Gasteiger partial charge in [0.05, 0.1) is 51.4 Å². The van der Waals surface area contributed by atoms with Gasteiger partial charge in [-0.25, -0.2) is 24.3 Å². The Hall–Kier alpha value is -13.3. The molecule has 0 radical (unpaired) electrons. The highest BCUT2D eigenvalue weighted by molar-refractivity contribution is 5.84. The van der Waals surface area contributed by atoms with Crippen LogP contribution in [0.15, 0.2) is 353 Å². The molecule has 17 aromatic rings. The van der Waals surface area contributed by atoms with Crippen molar-refractivity contribution in [1.82, 2.24) is 49.8 Å². The summed E-state index contributed by atoms with van der Waals surface area (Å²) in [5.74, 6) is 1.26. The first kappa shape index (κ1) is 72.0. The molecule has 0 N–H and O–H groups in total. The Labute approximate surface area is 608 Å². The van der Waals surface area contributed by atoms with Gasteiger partial charge in [-0.2, -0.15) is 0 Å². The van der Waals surface area contributed by atoms with Crippen LogP contribution in [0.3, 0.4) is 0 Å². The molecule has 0 unspecified atom stereocenters. The van der Waals surface area contributed by atoms with Gasteiger partial charge in [-0.1, -0.05) is 224 Å². The second kappa shape index (κ2) is 36.7. The van der Waals surface area contributed by atoms with E-state index in [1.54, 1.807) is 6.07 Å². The molecular weight excluding hydrogens is 1280 g/mol. The minimum absolute atomic E-state index is 0.305. The number of rotatable bonds is 7. The number of pyridine rings is 6. The summed E-state index contributed by atoms with van der Waals surface area (Å²) in [6.45, 7) is 14.3. The summed E-state index contributed by atoms with van der Waals surface area (Å²) in [5.41, 5.74) is 22.6. The molecular formula is C93H79FN10. The van der Waals surface area contributed by atoms with Crippen molar-refractivity contribution in [3.63, 3.8) is 0 Å². The standard InChI is InChI=1S/3C17H14N2.C12H10FN.3C10H9N/c1-13-10-14(16-6-2-4-8-18-16)12-15(11-13)17-7-3-5-9-19-17;1-13-18-16(14-8-4-2-5-9-14)12-17(19-13)15-10-6-3-7-11-15;1-13-12-16(14-8-4-2-5-9-14)19-17(18-13)15-10-6-3-7-11-15;1-9-2-4-10(5-3-9)12-7-6-11(13)8-14-12;1-8-6-11-7-9-4-2-3-5-10(8)9;1-8-6-9-4-2-3-5-10(9)11-7-8;1-8-6-7-11-10-5-3-2-4-9(8)10/h3*2-12H,1H3;2-8H,1H3;3*2-7H,1H3. The topological polar surface area (TPSA) is 129 Å². The fourth-order valence-electron chi connectivity index (χ4n) is 11.2. The molecule has 0 amide bonds. The van der Waals surface area contributed by atoms with E-state index in [1.807, 2.05) is 264 Å². The fourth-order valence-corrected chi connectivity index (χ4v) is 11.2. The predicted molar refractivity (Wildman–Crippen MR) is 427 cm³/mol. The lowest BCUT2D eigenvalue weighted by molar-refractivity contribution is 0.622. The van der Waals surface area contributed by atoms with Gasteiger partial charge in [-0.15, -0.1) is 0 Å². The van der Waals surface area contributed by atoms with Gasteiger partial charge < -0.3 is 0 Å². The molecule has 10 nitrogen and oxygen atoms in total. The van der Waals surface area contributed by atoms with Crippen LogP contribution in [0.4, 0.5) is 4.39 Å². The molecule has 0 saturated carbocycles. The number of hydrogen-bond donors (Lipinski definition) is 0. The Bertz CT molecular complexity index is 4900. The van der Waals surface area contributed by atoms with Crippen LogP contribution in [0.1, 0.15) is 39.3 Å². The molecule has 8 heterocycles. The van der Waals surface area contributed by atoms with Crippen LogP contribution in [0.2, 0.25) is 0 Å². The first-order valence-electron chi connectivity index (χ1n) is 34.3. The van der Waals surface area contributed by atoms with Crippen LogP contribution in [-0.2, 0) is 0 Å². The van der Waals surface area contributed by atoms with Gasteiger partial charge in [0.15, 0.2) is 5.82 Å². The van der Waals surface area contributed by atoms with Gasteiger partial charge >= 0.3 is 0 Å². The van der Waals surface area contributed by atoms with Crippen molar-refractivity contribution in [1.29, 1.82) is 0 Å². The fraction of sp³-hybridized carbons (Fsp3) is 0.0753. The molecule has 0 aliphatic carbocycles. The second-order valence-electron chi connectivity index (χ2n) is 24.6. The molecule has 0 saturated heterocycles. The lowest BCUT2D eigenvalue weighted by Crippen LogP contribution is -1.94. The highest BCUT2D eigenvalue weighted by atomic mass is 19.1. The first-order valence-corrected chi connectivity index (χ1v) is 34.3.